The molecular weight excluding hydrogens is 176 g/mol. The molecule has 0 rings (SSSR count). The Hall–Kier alpha value is -0.510. The van der Waals surface area contributed by atoms with Crippen molar-refractivity contribution in [3.05, 3.63) is 0 Å². The number of unbranched alkanes of at least 4 members (excludes halogenated alkanes) is 1. The number of aliphatic carboxylic acids is 1. The van der Waals surface area contributed by atoms with Crippen LogP contribution in [0.3, 0.4) is 0 Å². The van der Waals surface area contributed by atoms with Gasteiger partial charge in [0.2, 0.25) is 0 Å². The standard InChI is InChI=1S/C8H14O3S/c1-2-3-4-8(11)12-6-5-7(9)10/h2-6H2,1H3,(H,9,10). The number of carboxylic acids is 1. The van der Waals surface area contributed by atoms with E-state index in [9.17, 15) is 9.59 Å². The van der Waals surface area contributed by atoms with Crippen LogP contribution in [0.4, 0.5) is 0 Å². The monoisotopic (exact) mass is 190 g/mol. The van der Waals surface area contributed by atoms with Gasteiger partial charge < -0.3 is 5.11 Å². The van der Waals surface area contributed by atoms with Crippen LogP contribution in [0.15, 0.2) is 0 Å². The summed E-state index contributed by atoms with van der Waals surface area (Å²) in [5, 5.41) is 8.39. The Balaban J connectivity index is 3.25. The summed E-state index contributed by atoms with van der Waals surface area (Å²) in [5.41, 5.74) is 0. The number of hydrogen-bond acceptors (Lipinski definition) is 3. The predicted molar refractivity (Wildman–Crippen MR) is 49.2 cm³/mol. The van der Waals surface area contributed by atoms with E-state index in [1.807, 2.05) is 6.92 Å². The molecule has 3 nitrogen and oxygen atoms in total. The summed E-state index contributed by atoms with van der Waals surface area (Å²) in [6.45, 7) is 2.02. The van der Waals surface area contributed by atoms with Gasteiger partial charge in [-0.1, -0.05) is 25.1 Å². The minimum atomic E-state index is -0.842. The van der Waals surface area contributed by atoms with E-state index in [2.05, 4.69) is 0 Å². The van der Waals surface area contributed by atoms with Gasteiger partial charge in [-0.05, 0) is 6.42 Å². The average molecular weight is 190 g/mol. The lowest BCUT2D eigenvalue weighted by molar-refractivity contribution is -0.136. The molecular formula is C8H14O3S. The van der Waals surface area contributed by atoms with E-state index in [1.54, 1.807) is 0 Å². The molecule has 4 heteroatoms. The van der Waals surface area contributed by atoms with Crippen LogP contribution in [0, 0.1) is 0 Å². The lowest BCUT2D eigenvalue weighted by Gasteiger charge is -1.96. The molecule has 0 bridgehead atoms. The van der Waals surface area contributed by atoms with Crippen LogP contribution in [0.5, 0.6) is 0 Å². The molecule has 0 aliphatic heterocycles. The van der Waals surface area contributed by atoms with Crippen LogP contribution in [0.1, 0.15) is 32.6 Å². The maximum atomic E-state index is 11.0. The van der Waals surface area contributed by atoms with Gasteiger partial charge >= 0.3 is 5.97 Å². The summed E-state index contributed by atoms with van der Waals surface area (Å²) in [4.78, 5) is 21.0. The van der Waals surface area contributed by atoms with Crippen LogP contribution in [-0.4, -0.2) is 21.9 Å². The predicted octanol–water partition coefficient (Wildman–Crippen LogP) is 1.91. The molecule has 0 unspecified atom stereocenters. The number of rotatable bonds is 6. The highest BCUT2D eigenvalue weighted by atomic mass is 32.2. The zero-order valence-electron chi connectivity index (χ0n) is 7.21. The van der Waals surface area contributed by atoms with Gasteiger partial charge in [-0.25, -0.2) is 0 Å². The molecule has 0 amide bonds. The smallest absolute Gasteiger partial charge is 0.304 e. The summed E-state index contributed by atoms with van der Waals surface area (Å²) in [7, 11) is 0. The Labute approximate surface area is 76.5 Å². The van der Waals surface area contributed by atoms with Gasteiger partial charge in [0, 0.05) is 12.2 Å². The highest BCUT2D eigenvalue weighted by Gasteiger charge is 2.03. The Morgan fingerprint density at radius 2 is 2.00 bits per heavy atom. The van der Waals surface area contributed by atoms with Crippen molar-refractivity contribution in [1.29, 1.82) is 0 Å². The maximum Gasteiger partial charge on any atom is 0.304 e. The van der Waals surface area contributed by atoms with Crippen LogP contribution in [0.25, 0.3) is 0 Å². The van der Waals surface area contributed by atoms with Gasteiger partial charge in [0.05, 0.1) is 6.42 Å². The number of thioether (sulfide) groups is 1. The molecule has 0 spiro atoms. The van der Waals surface area contributed by atoms with E-state index in [0.717, 1.165) is 24.6 Å². The van der Waals surface area contributed by atoms with E-state index in [1.165, 1.54) is 0 Å². The quantitative estimate of drug-likeness (QED) is 0.695. The van der Waals surface area contributed by atoms with Crippen molar-refractivity contribution < 1.29 is 14.7 Å². The summed E-state index contributed by atoms with van der Waals surface area (Å²) >= 11 is 1.12. The van der Waals surface area contributed by atoms with Gasteiger partial charge in [-0.3, -0.25) is 9.59 Å². The van der Waals surface area contributed by atoms with Crippen LogP contribution < -0.4 is 0 Å². The van der Waals surface area contributed by atoms with Crippen LogP contribution in [-0.2, 0) is 9.59 Å². The fourth-order valence-electron chi connectivity index (χ4n) is 0.645. The van der Waals surface area contributed by atoms with Crippen molar-refractivity contribution in [1.82, 2.24) is 0 Å². The summed E-state index contributed by atoms with van der Waals surface area (Å²) in [6, 6.07) is 0. The first-order valence-corrected chi connectivity index (χ1v) is 5.02. The first-order chi connectivity index (χ1) is 5.66. The number of carbonyl (C=O) groups excluding carboxylic acids is 1. The summed E-state index contributed by atoms with van der Waals surface area (Å²) < 4.78 is 0. The molecule has 0 radical (unpaired) electrons. The van der Waals surface area contributed by atoms with Crippen LogP contribution in [0.2, 0.25) is 0 Å². The Morgan fingerprint density at radius 3 is 2.50 bits per heavy atom. The molecule has 0 fully saturated rings. The minimum absolute atomic E-state index is 0.0720. The molecule has 0 aliphatic rings. The molecule has 0 aliphatic carbocycles. The van der Waals surface area contributed by atoms with Crippen molar-refractivity contribution in [2.75, 3.05) is 5.75 Å². The third kappa shape index (κ3) is 7.60. The molecule has 12 heavy (non-hydrogen) atoms. The van der Waals surface area contributed by atoms with E-state index < -0.39 is 5.97 Å². The fourth-order valence-corrected chi connectivity index (χ4v) is 1.44. The Morgan fingerprint density at radius 1 is 1.33 bits per heavy atom. The zero-order valence-corrected chi connectivity index (χ0v) is 8.02. The highest BCUT2D eigenvalue weighted by Crippen LogP contribution is 2.09. The molecule has 70 valence electrons. The first kappa shape index (κ1) is 11.5. The second kappa shape index (κ2) is 7.16. The van der Waals surface area contributed by atoms with Crippen molar-refractivity contribution in [3.8, 4) is 0 Å². The van der Waals surface area contributed by atoms with Crippen molar-refractivity contribution in [3.63, 3.8) is 0 Å². The first-order valence-electron chi connectivity index (χ1n) is 4.04. The van der Waals surface area contributed by atoms with E-state index in [0.29, 0.717) is 12.2 Å². The molecule has 0 aromatic rings. The highest BCUT2D eigenvalue weighted by molar-refractivity contribution is 8.13. The van der Waals surface area contributed by atoms with Gasteiger partial charge in [0.15, 0.2) is 5.12 Å². The normalized spacial score (nSPS) is 9.75. The molecule has 0 atom stereocenters. The minimum Gasteiger partial charge on any atom is -0.481 e. The largest absolute Gasteiger partial charge is 0.481 e. The topological polar surface area (TPSA) is 54.4 Å². The Bertz CT molecular complexity index is 156. The van der Waals surface area contributed by atoms with Gasteiger partial charge in [-0.2, -0.15) is 0 Å². The third-order valence-corrected chi connectivity index (χ3v) is 2.25. The fraction of sp³-hybridized carbons (Fsp3) is 0.750. The Kier molecular flexibility index (Phi) is 6.85. The maximum absolute atomic E-state index is 11.0. The van der Waals surface area contributed by atoms with Crippen LogP contribution >= 0.6 is 11.8 Å². The summed E-state index contributed by atoms with van der Waals surface area (Å²) in [6.07, 6.45) is 2.55. The summed E-state index contributed by atoms with van der Waals surface area (Å²) in [5.74, 6) is -0.441. The van der Waals surface area contributed by atoms with Crippen molar-refractivity contribution >= 4 is 22.8 Å². The molecule has 0 saturated heterocycles. The number of carboxylic acid groups (broad SMARTS) is 1. The molecule has 0 heterocycles. The van der Waals surface area contributed by atoms with E-state index in [4.69, 9.17) is 5.11 Å². The number of hydrogen-bond donors (Lipinski definition) is 1. The molecule has 0 saturated carbocycles. The average Bonchev–Trinajstić information content (AvgIpc) is 2.00. The zero-order chi connectivity index (χ0) is 9.40. The second-order valence-electron chi connectivity index (χ2n) is 2.47. The molecule has 0 aromatic carbocycles. The second-order valence-corrected chi connectivity index (χ2v) is 3.62. The van der Waals surface area contributed by atoms with Crippen molar-refractivity contribution in [2.24, 2.45) is 0 Å². The lowest BCUT2D eigenvalue weighted by Crippen LogP contribution is -1.99. The van der Waals surface area contributed by atoms with Gasteiger partial charge in [-0.15, -0.1) is 0 Å². The van der Waals surface area contributed by atoms with Crippen molar-refractivity contribution in [2.45, 2.75) is 32.6 Å². The van der Waals surface area contributed by atoms with Gasteiger partial charge in [0.1, 0.15) is 0 Å². The van der Waals surface area contributed by atoms with E-state index in [-0.39, 0.29) is 11.5 Å². The third-order valence-electron chi connectivity index (χ3n) is 1.31. The SMILES string of the molecule is CCCCC(=O)SCCC(=O)O. The number of carbonyl (C=O) groups is 2. The molecule has 0 aromatic heterocycles. The lowest BCUT2D eigenvalue weighted by atomic mass is 10.3. The van der Waals surface area contributed by atoms with Gasteiger partial charge in [0.25, 0.3) is 0 Å². The van der Waals surface area contributed by atoms with E-state index >= 15 is 0 Å². The molecule has 1 N–H and O–H groups in total.